The molecular formula is C28H46Cl4N12Zn. The molecule has 2 aromatic carbocycles. The van der Waals surface area contributed by atoms with E-state index >= 15 is 0 Å². The van der Waals surface area contributed by atoms with E-state index < -0.39 is 10.8 Å². The summed E-state index contributed by atoms with van der Waals surface area (Å²) < 4.78 is 0. The zero-order valence-electron chi connectivity index (χ0n) is 27.6. The Labute approximate surface area is 286 Å². The summed E-state index contributed by atoms with van der Waals surface area (Å²) in [5, 5.41) is 27.7. The van der Waals surface area contributed by atoms with Crippen LogP contribution < -0.4 is 19.8 Å². The average molecular weight is 758 g/mol. The maximum absolute atomic E-state index is 5.05. The molecule has 2 aromatic rings. The van der Waals surface area contributed by atoms with Gasteiger partial charge in [0.05, 0.1) is 25.5 Å². The number of halogens is 4. The molecule has 0 amide bonds. The molecule has 17 heteroatoms. The van der Waals surface area contributed by atoms with E-state index in [1.54, 1.807) is 0 Å². The van der Waals surface area contributed by atoms with Gasteiger partial charge in [0.15, 0.2) is 13.3 Å². The first kappa shape index (κ1) is 39.1. The first-order valence-corrected chi connectivity index (χ1v) is 30.7. The van der Waals surface area contributed by atoms with E-state index in [1.807, 2.05) is 62.3 Å². The number of hydrogen-bond donors (Lipinski definition) is 2. The number of guanidine groups is 2. The van der Waals surface area contributed by atoms with Gasteiger partial charge in [0.25, 0.3) is 0 Å². The summed E-state index contributed by atoms with van der Waals surface area (Å²) in [5.74, 6) is 1.35. The van der Waals surface area contributed by atoms with Crippen LogP contribution >= 0.6 is 38.8 Å². The van der Waals surface area contributed by atoms with Crippen LogP contribution in [0.3, 0.4) is 0 Å². The molecule has 2 aliphatic rings. The summed E-state index contributed by atoms with van der Waals surface area (Å²) in [6.07, 6.45) is 0. The molecule has 0 saturated carbocycles. The van der Waals surface area contributed by atoms with Crippen molar-refractivity contribution in [2.45, 2.75) is 27.7 Å². The third kappa shape index (κ3) is 14.5. The molecule has 4 rings (SSSR count). The van der Waals surface area contributed by atoms with Gasteiger partial charge in [-0.15, -0.1) is 20.5 Å². The Morgan fingerprint density at radius 3 is 1.13 bits per heavy atom. The first-order valence-electron chi connectivity index (χ1n) is 15.1. The number of nitrogens with one attached hydrogen (secondary N) is 2. The molecule has 2 unspecified atom stereocenters. The van der Waals surface area contributed by atoms with Crippen LogP contribution in [0, 0.1) is 0 Å². The Balaban J connectivity index is 0.000000273. The maximum atomic E-state index is 5.05. The minimum absolute atomic E-state index is 0.676. The molecule has 0 saturated heterocycles. The molecule has 0 fully saturated rings. The van der Waals surface area contributed by atoms with Gasteiger partial charge >= 0.3 is 61.5 Å². The number of benzene rings is 2. The molecule has 0 aliphatic carbocycles. The first-order chi connectivity index (χ1) is 21.3. The number of quaternary nitrogens is 2. The van der Waals surface area contributed by atoms with Gasteiger partial charge in [0.1, 0.15) is 0 Å². The van der Waals surface area contributed by atoms with Crippen LogP contribution in [-0.4, -0.2) is 89.4 Å². The molecule has 2 N–H and O–H groups in total. The molecule has 12 nitrogen and oxygen atoms in total. The number of rotatable bonds is 8. The van der Waals surface area contributed by atoms with Crippen LogP contribution in [-0.2, 0) is 10.8 Å². The van der Waals surface area contributed by atoms with Crippen LogP contribution in [0.25, 0.3) is 0 Å². The van der Waals surface area contributed by atoms with E-state index in [0.717, 1.165) is 60.9 Å². The predicted molar refractivity (Wildman–Crippen MR) is 186 cm³/mol. The van der Waals surface area contributed by atoms with Gasteiger partial charge in [0, 0.05) is 51.6 Å². The van der Waals surface area contributed by atoms with E-state index in [-0.39, 0.29) is 0 Å². The van der Waals surface area contributed by atoms with E-state index in [0.29, 0.717) is 11.9 Å². The fraction of sp³-hybridized carbons (Fsp3) is 0.500. The van der Waals surface area contributed by atoms with Gasteiger partial charge in [-0.3, -0.25) is 9.80 Å². The molecule has 248 valence electrons. The van der Waals surface area contributed by atoms with E-state index in [4.69, 9.17) is 38.8 Å². The fourth-order valence-corrected chi connectivity index (χ4v) is 4.45. The van der Waals surface area contributed by atoms with Crippen LogP contribution in [0.4, 0.5) is 22.7 Å². The SMILES string of the molecule is CCN(CC)c1ccc(N=NC2=N[NH+](C)CN2C)cc1.CCN(CC)c1ccc(N=NC2=N[NH+](C)CN2C)cc1.[Cl][Zn-2]([Cl])([Cl])[Cl]. The average Bonchev–Trinajstić information content (AvgIpc) is 3.50. The van der Waals surface area contributed by atoms with Gasteiger partial charge in [-0.1, -0.05) is 0 Å². The molecule has 0 bridgehead atoms. The second-order valence-corrected chi connectivity index (χ2v) is 38.1. The fourth-order valence-electron chi connectivity index (χ4n) is 4.45. The second-order valence-electron chi connectivity index (χ2n) is 10.4. The van der Waals surface area contributed by atoms with Crippen molar-refractivity contribution in [2.75, 3.05) is 77.5 Å². The Kier molecular flexibility index (Phi) is 16.9. The minimum atomic E-state index is -3.36. The zero-order valence-corrected chi connectivity index (χ0v) is 33.5. The quantitative estimate of drug-likeness (QED) is 0.280. The molecule has 0 radical (unpaired) electrons. The summed E-state index contributed by atoms with van der Waals surface area (Å²) in [6, 6.07) is 16.3. The Morgan fingerprint density at radius 2 is 0.911 bits per heavy atom. The van der Waals surface area contributed by atoms with Crippen molar-refractivity contribution in [3.63, 3.8) is 0 Å². The molecular weight excluding hydrogens is 712 g/mol. The van der Waals surface area contributed by atoms with Gasteiger partial charge < -0.3 is 9.80 Å². The zero-order chi connectivity index (χ0) is 33.6. The third-order valence-electron chi connectivity index (χ3n) is 6.66. The number of azo groups is 2. The monoisotopic (exact) mass is 754 g/mol. The molecule has 2 heterocycles. The van der Waals surface area contributed by atoms with E-state index in [9.17, 15) is 0 Å². The molecule has 0 aromatic heterocycles. The van der Waals surface area contributed by atoms with Gasteiger partial charge in [0.2, 0.25) is 0 Å². The van der Waals surface area contributed by atoms with Gasteiger partial charge in [-0.2, -0.15) is 10.0 Å². The number of nitrogens with zero attached hydrogens (tertiary/aromatic N) is 10. The summed E-state index contributed by atoms with van der Waals surface area (Å²) >= 11 is 0. The Hall–Kier alpha value is -2.12. The summed E-state index contributed by atoms with van der Waals surface area (Å²) in [5.41, 5.74) is 4.13. The van der Waals surface area contributed by atoms with Gasteiger partial charge in [-0.25, -0.2) is 0 Å². The standard InChI is InChI=1S/2C14H22N6.4ClH.Zn/c2*1-5-20(6-2)13-9-7-12(8-10-13)15-16-14-17-19(4)11-18(14)3;;;;;/h2*7-10H,5-6,11H2,1-4H3;4*1H;/q;;;;;;+2/p-2. The van der Waals surface area contributed by atoms with Crippen molar-refractivity contribution in [1.82, 2.24) is 9.80 Å². The summed E-state index contributed by atoms with van der Waals surface area (Å²) in [4.78, 5) is 8.58. The Bertz CT molecular complexity index is 1180. The van der Waals surface area contributed by atoms with Crippen molar-refractivity contribution < 1.29 is 20.8 Å². The third-order valence-corrected chi connectivity index (χ3v) is 6.66. The van der Waals surface area contributed by atoms with Crippen molar-refractivity contribution in [3.8, 4) is 0 Å². The molecule has 45 heavy (non-hydrogen) atoms. The van der Waals surface area contributed by atoms with Crippen LogP contribution in [0.15, 0.2) is 79.2 Å². The molecule has 2 atom stereocenters. The summed E-state index contributed by atoms with van der Waals surface area (Å²) in [6.45, 7) is 14.3. The second kappa shape index (κ2) is 19.5. The normalized spacial score (nSPS) is 18.0. The summed E-state index contributed by atoms with van der Waals surface area (Å²) in [7, 11) is 24.8. The van der Waals surface area contributed by atoms with Crippen molar-refractivity contribution >= 4 is 73.4 Å². The van der Waals surface area contributed by atoms with Crippen molar-refractivity contribution in [1.29, 1.82) is 0 Å². The number of hydrogen-bond acceptors (Lipinski definition) is 10. The van der Waals surface area contributed by atoms with E-state index in [1.165, 1.54) is 11.4 Å². The number of anilines is 2. The van der Waals surface area contributed by atoms with E-state index in [2.05, 4.69) is 92.4 Å². The molecule has 2 aliphatic heterocycles. The van der Waals surface area contributed by atoms with Crippen LogP contribution in [0.2, 0.25) is 0 Å². The van der Waals surface area contributed by atoms with Crippen molar-refractivity contribution in [3.05, 3.63) is 48.5 Å². The Morgan fingerprint density at radius 1 is 0.622 bits per heavy atom. The topological polar surface area (TPSA) is 96.0 Å². The van der Waals surface area contributed by atoms with Crippen LogP contribution in [0.5, 0.6) is 0 Å². The molecule has 0 spiro atoms. The van der Waals surface area contributed by atoms with Crippen molar-refractivity contribution in [2.24, 2.45) is 30.7 Å². The predicted octanol–water partition coefficient (Wildman–Crippen LogP) is 5.37. The van der Waals surface area contributed by atoms with Gasteiger partial charge in [-0.05, 0) is 86.4 Å². The van der Waals surface area contributed by atoms with Crippen LogP contribution in [0.1, 0.15) is 27.7 Å².